The highest BCUT2D eigenvalue weighted by molar-refractivity contribution is 6.95. The van der Waals surface area contributed by atoms with Gasteiger partial charge < -0.3 is 16.5 Å². The van der Waals surface area contributed by atoms with Crippen LogP contribution in [0.3, 0.4) is 0 Å². The second-order valence-electron chi connectivity index (χ2n) is 9.08. The van der Waals surface area contributed by atoms with E-state index in [-0.39, 0.29) is 0 Å². The first kappa shape index (κ1) is 33.6. The van der Waals surface area contributed by atoms with Crippen LogP contribution in [0, 0.1) is 0 Å². The summed E-state index contributed by atoms with van der Waals surface area (Å²) in [6.07, 6.45) is -24.3. The number of alkyl halides is 12. The maximum absolute atomic E-state index is 13.6. The third kappa shape index (κ3) is 11.2. The molecule has 20 heteroatoms. The van der Waals surface area contributed by atoms with Crippen molar-refractivity contribution in [3.8, 4) is 0 Å². The first-order chi connectivity index (χ1) is 15.6. The molecule has 214 valence electrons. The topological polar surface area (TPSA) is 36.9 Å². The average molecular weight is 623 g/mol. The molecule has 1 saturated heterocycles. The number of hydrogen-bond donors (Lipinski definition) is 0. The predicted molar refractivity (Wildman–Crippen MR) is 112 cm³/mol. The van der Waals surface area contributed by atoms with Crippen LogP contribution in [0.2, 0.25) is 44.3 Å². The van der Waals surface area contributed by atoms with Crippen LogP contribution in [0.25, 0.3) is 0 Å². The van der Waals surface area contributed by atoms with Crippen molar-refractivity contribution in [2.24, 2.45) is 0 Å². The number of halogens is 12. The third-order valence-corrected chi connectivity index (χ3v) is 23.5. The van der Waals surface area contributed by atoms with Gasteiger partial charge in [-0.25, -0.2) is 0 Å². The molecular weight excluding hydrogens is 596 g/mol. The molecule has 36 heavy (non-hydrogen) atoms. The molecule has 0 radical (unpaired) electrons. The van der Waals surface area contributed by atoms with Crippen molar-refractivity contribution in [3.05, 3.63) is 11.8 Å². The molecule has 0 bridgehead atoms. The van der Waals surface area contributed by atoms with E-state index in [4.69, 9.17) is 16.5 Å². The van der Waals surface area contributed by atoms with Gasteiger partial charge in [0.25, 0.3) is 0 Å². The average Bonchev–Trinajstić information content (AvgIpc) is 2.59. The van der Waals surface area contributed by atoms with Gasteiger partial charge in [0, 0.05) is 19.3 Å². The van der Waals surface area contributed by atoms with Crippen molar-refractivity contribution in [2.45, 2.75) is 88.3 Å². The Balaban J connectivity index is 3.62. The molecule has 4 nitrogen and oxygen atoms in total. The highest BCUT2D eigenvalue weighted by atomic mass is 28.5. The molecule has 1 fully saturated rings. The second-order valence-corrected chi connectivity index (χ2v) is 23.1. The molecule has 2 atom stereocenters. The van der Waals surface area contributed by atoms with Crippen LogP contribution in [-0.2, 0) is 16.5 Å². The van der Waals surface area contributed by atoms with E-state index in [0.717, 1.165) is 26.2 Å². The number of rotatable bonds is 7. The summed E-state index contributed by atoms with van der Waals surface area (Å²) >= 11 is 0. The summed E-state index contributed by atoms with van der Waals surface area (Å²) in [5.41, 5.74) is 0. The van der Waals surface area contributed by atoms with Gasteiger partial charge in [0.05, 0.1) is 5.20 Å². The van der Waals surface area contributed by atoms with E-state index in [1.165, 1.54) is 0 Å². The van der Waals surface area contributed by atoms with Gasteiger partial charge in [-0.1, -0.05) is 6.58 Å². The van der Waals surface area contributed by atoms with Crippen molar-refractivity contribution < 1.29 is 69.1 Å². The Morgan fingerprint density at radius 1 is 0.528 bits per heavy atom. The molecule has 0 saturated carbocycles. The monoisotopic (exact) mass is 622 g/mol. The van der Waals surface area contributed by atoms with Crippen LogP contribution < -0.4 is 0 Å². The van der Waals surface area contributed by atoms with E-state index >= 15 is 0 Å². The summed E-state index contributed by atoms with van der Waals surface area (Å²) in [5, 5.41) is -1.64. The standard InChI is InChI=1S/C16H26F12O4Si4/c1-12(16(26,27)28)36(5)31-34(3,10-7-14(20,21)22)29-33(2,9-6-13(17,18)19)30-35(4,32-36)11-8-15(23,24)25/h1,6-11H2,2-5H3. The van der Waals surface area contributed by atoms with Crippen LogP contribution in [0.1, 0.15) is 19.3 Å². The SMILES string of the molecule is C=C(C(F)(F)F)[Si]1(C)O[Si](C)(CCC(F)(F)F)O[Si](C)(CCC(F)(F)F)O[Si](C)(CCC(F)(F)F)O1. The highest BCUT2D eigenvalue weighted by Gasteiger charge is 2.62. The molecule has 1 rings (SSSR count). The maximum Gasteiger partial charge on any atom is 0.412 e. The molecule has 0 N–H and O–H groups in total. The second kappa shape index (κ2) is 10.6. The third-order valence-electron chi connectivity index (χ3n) is 5.16. The Hall–Kier alpha value is -0.392. The number of allylic oxidation sites excluding steroid dienone is 1. The van der Waals surface area contributed by atoms with Crippen LogP contribution in [0.5, 0.6) is 0 Å². The molecule has 1 aliphatic rings. The molecule has 0 aromatic rings. The van der Waals surface area contributed by atoms with Gasteiger partial charge in [0.15, 0.2) is 0 Å². The minimum absolute atomic E-state index is 0.757. The molecule has 2 unspecified atom stereocenters. The Bertz CT molecular complexity index is 749. The summed E-state index contributed by atoms with van der Waals surface area (Å²) in [7, 11) is -18.1. The van der Waals surface area contributed by atoms with Crippen LogP contribution >= 0.6 is 0 Å². The van der Waals surface area contributed by atoms with Gasteiger partial charge in [-0.3, -0.25) is 0 Å². The quantitative estimate of drug-likeness (QED) is 0.214. The first-order valence-corrected chi connectivity index (χ1v) is 20.3. The summed E-state index contributed by atoms with van der Waals surface area (Å²) < 4.78 is 180. The van der Waals surface area contributed by atoms with Crippen LogP contribution in [0.4, 0.5) is 52.7 Å². The zero-order chi connectivity index (χ0) is 28.6. The fourth-order valence-electron chi connectivity index (χ4n) is 3.61. The van der Waals surface area contributed by atoms with Crippen molar-refractivity contribution in [1.29, 1.82) is 0 Å². The minimum atomic E-state index is -5.20. The normalized spacial score (nSPS) is 33.2. The number of hydrogen-bond acceptors (Lipinski definition) is 4. The minimum Gasteiger partial charge on any atom is -0.416 e. The zero-order valence-corrected chi connectivity index (χ0v) is 23.6. The van der Waals surface area contributed by atoms with E-state index in [2.05, 4.69) is 6.58 Å². The Labute approximate surface area is 203 Å². The Morgan fingerprint density at radius 3 is 1.00 bits per heavy atom. The van der Waals surface area contributed by atoms with Gasteiger partial charge in [0.2, 0.25) is 0 Å². The lowest BCUT2D eigenvalue weighted by Gasteiger charge is -2.50. The summed E-state index contributed by atoms with van der Waals surface area (Å²) in [4.78, 5) is 0. The van der Waals surface area contributed by atoms with E-state index in [1.807, 2.05) is 0 Å². The highest BCUT2D eigenvalue weighted by Crippen LogP contribution is 2.44. The Kier molecular flexibility index (Phi) is 9.94. The van der Waals surface area contributed by atoms with Gasteiger partial charge in [0.1, 0.15) is 0 Å². The lowest BCUT2D eigenvalue weighted by atomic mass is 10.5. The van der Waals surface area contributed by atoms with Crippen molar-refractivity contribution in [2.75, 3.05) is 0 Å². The predicted octanol–water partition coefficient (Wildman–Crippen LogP) is 7.87. The maximum atomic E-state index is 13.6. The smallest absolute Gasteiger partial charge is 0.412 e. The molecular formula is C16H26F12O4Si4. The van der Waals surface area contributed by atoms with E-state index in [1.54, 1.807) is 0 Å². The fourth-order valence-corrected chi connectivity index (χ4v) is 25.8. The van der Waals surface area contributed by atoms with Gasteiger partial charge >= 0.3 is 58.9 Å². The molecule has 0 aliphatic carbocycles. The van der Waals surface area contributed by atoms with Gasteiger partial charge in [-0.2, -0.15) is 52.7 Å². The molecule has 0 aromatic heterocycles. The molecule has 0 amide bonds. The zero-order valence-electron chi connectivity index (χ0n) is 19.6. The van der Waals surface area contributed by atoms with Crippen LogP contribution in [0.15, 0.2) is 11.8 Å². The van der Waals surface area contributed by atoms with Crippen molar-refractivity contribution in [1.82, 2.24) is 0 Å². The van der Waals surface area contributed by atoms with E-state index in [9.17, 15) is 52.7 Å². The summed E-state index contributed by atoms with van der Waals surface area (Å²) in [6.45, 7) is 6.54. The summed E-state index contributed by atoms with van der Waals surface area (Å²) in [5.74, 6) is 0. The van der Waals surface area contributed by atoms with Gasteiger partial charge in [-0.05, 0) is 44.3 Å². The van der Waals surface area contributed by atoms with Crippen molar-refractivity contribution >= 4 is 34.2 Å². The van der Waals surface area contributed by atoms with Crippen molar-refractivity contribution in [3.63, 3.8) is 0 Å². The molecule has 1 aliphatic heterocycles. The first-order valence-electron chi connectivity index (χ1n) is 10.4. The van der Waals surface area contributed by atoms with Crippen LogP contribution in [-0.4, -0.2) is 58.9 Å². The largest absolute Gasteiger partial charge is 0.416 e. The lowest BCUT2D eigenvalue weighted by molar-refractivity contribution is -0.132. The van der Waals surface area contributed by atoms with E-state index in [0.29, 0.717) is 0 Å². The summed E-state index contributed by atoms with van der Waals surface area (Å²) in [6, 6.07) is -2.95. The molecule has 0 spiro atoms. The van der Waals surface area contributed by atoms with E-state index < -0.39 is 102 Å². The molecule has 1 heterocycles. The Morgan fingerprint density at radius 2 is 0.778 bits per heavy atom. The molecule has 0 aromatic carbocycles. The fraction of sp³-hybridized carbons (Fsp3) is 0.875. The van der Waals surface area contributed by atoms with Gasteiger partial charge in [-0.15, -0.1) is 0 Å². The lowest BCUT2D eigenvalue weighted by Crippen LogP contribution is -2.68.